The lowest BCUT2D eigenvalue weighted by Gasteiger charge is -2.29. The summed E-state index contributed by atoms with van der Waals surface area (Å²) in [7, 11) is 3.83. The van der Waals surface area contributed by atoms with Crippen molar-refractivity contribution in [2.75, 3.05) is 25.2 Å². The van der Waals surface area contributed by atoms with Crippen molar-refractivity contribution in [1.82, 2.24) is 20.3 Å². The Morgan fingerprint density at radius 1 is 1.69 bits per heavy atom. The SMILES string of the molecule is CNC(c1c(Br)nnn1C)C1CSCCO1. The van der Waals surface area contributed by atoms with Gasteiger partial charge in [0.2, 0.25) is 0 Å². The van der Waals surface area contributed by atoms with Gasteiger partial charge in [-0.1, -0.05) is 5.21 Å². The third kappa shape index (κ3) is 2.42. The summed E-state index contributed by atoms with van der Waals surface area (Å²) in [5, 5.41) is 11.3. The minimum absolute atomic E-state index is 0.127. The predicted molar refractivity (Wildman–Crippen MR) is 67.6 cm³/mol. The standard InChI is InChI=1S/C9H15BrN4OS/c1-11-7(6-5-16-4-3-15-6)8-9(10)12-13-14(8)2/h6-7,11H,3-5H2,1-2H3. The molecule has 1 N–H and O–H groups in total. The molecule has 2 unspecified atom stereocenters. The van der Waals surface area contributed by atoms with Gasteiger partial charge in [-0.3, -0.25) is 0 Å². The fourth-order valence-electron chi connectivity index (χ4n) is 1.87. The fourth-order valence-corrected chi connectivity index (χ4v) is 3.34. The molecule has 0 bridgehead atoms. The molecular formula is C9H15BrN4OS. The third-order valence-electron chi connectivity index (χ3n) is 2.65. The average Bonchev–Trinajstić information content (AvgIpc) is 2.63. The second-order valence-corrected chi connectivity index (χ2v) is 5.54. The molecule has 0 spiro atoms. The summed E-state index contributed by atoms with van der Waals surface area (Å²) in [6.45, 7) is 0.816. The van der Waals surface area contributed by atoms with Crippen LogP contribution in [0.2, 0.25) is 0 Å². The lowest BCUT2D eigenvalue weighted by atomic mass is 10.1. The minimum atomic E-state index is 0.127. The van der Waals surface area contributed by atoms with Crippen molar-refractivity contribution in [3.63, 3.8) is 0 Å². The van der Waals surface area contributed by atoms with E-state index in [9.17, 15) is 0 Å². The molecule has 0 amide bonds. The normalized spacial score (nSPS) is 23.3. The zero-order valence-electron chi connectivity index (χ0n) is 9.31. The molecule has 2 heterocycles. The van der Waals surface area contributed by atoms with Gasteiger partial charge in [-0.05, 0) is 23.0 Å². The maximum Gasteiger partial charge on any atom is 0.153 e. The molecule has 1 saturated heterocycles. The van der Waals surface area contributed by atoms with Gasteiger partial charge in [0.15, 0.2) is 4.60 Å². The highest BCUT2D eigenvalue weighted by Crippen LogP contribution is 2.28. The third-order valence-corrected chi connectivity index (χ3v) is 4.23. The number of rotatable bonds is 3. The van der Waals surface area contributed by atoms with E-state index in [-0.39, 0.29) is 12.1 Å². The Balaban J connectivity index is 2.21. The Bertz CT molecular complexity index is 334. The molecule has 2 atom stereocenters. The van der Waals surface area contributed by atoms with E-state index in [1.807, 2.05) is 25.9 Å². The van der Waals surface area contributed by atoms with Crippen molar-refractivity contribution in [2.45, 2.75) is 12.1 Å². The van der Waals surface area contributed by atoms with Crippen molar-refractivity contribution in [1.29, 1.82) is 0 Å². The van der Waals surface area contributed by atoms with Crippen molar-refractivity contribution in [2.24, 2.45) is 7.05 Å². The predicted octanol–water partition coefficient (Wildman–Crippen LogP) is 0.970. The number of ether oxygens (including phenoxy) is 1. The first-order valence-electron chi connectivity index (χ1n) is 5.15. The largest absolute Gasteiger partial charge is 0.374 e. The van der Waals surface area contributed by atoms with Crippen LogP contribution >= 0.6 is 27.7 Å². The summed E-state index contributed by atoms with van der Waals surface area (Å²) in [5.41, 5.74) is 1.04. The summed E-state index contributed by atoms with van der Waals surface area (Å²) in [6.07, 6.45) is 0.178. The van der Waals surface area contributed by atoms with E-state index in [4.69, 9.17) is 4.74 Å². The van der Waals surface area contributed by atoms with Gasteiger partial charge in [-0.25, -0.2) is 4.68 Å². The van der Waals surface area contributed by atoms with E-state index in [1.54, 1.807) is 4.68 Å². The number of nitrogens with zero attached hydrogens (tertiary/aromatic N) is 3. The molecule has 0 radical (unpaired) electrons. The van der Waals surface area contributed by atoms with Crippen LogP contribution in [-0.4, -0.2) is 46.3 Å². The van der Waals surface area contributed by atoms with Crippen LogP contribution in [0.15, 0.2) is 4.60 Å². The quantitative estimate of drug-likeness (QED) is 0.902. The number of aromatic nitrogens is 3. The minimum Gasteiger partial charge on any atom is -0.374 e. The van der Waals surface area contributed by atoms with E-state index in [0.29, 0.717) is 0 Å². The Kier molecular flexibility index (Phi) is 4.23. The van der Waals surface area contributed by atoms with Gasteiger partial charge in [0.1, 0.15) is 0 Å². The van der Waals surface area contributed by atoms with Gasteiger partial charge in [0, 0.05) is 18.6 Å². The number of hydrogen-bond acceptors (Lipinski definition) is 5. The van der Waals surface area contributed by atoms with Gasteiger partial charge >= 0.3 is 0 Å². The number of nitrogens with one attached hydrogen (secondary N) is 1. The second kappa shape index (κ2) is 5.48. The van der Waals surface area contributed by atoms with Crippen LogP contribution in [-0.2, 0) is 11.8 Å². The smallest absolute Gasteiger partial charge is 0.153 e. The van der Waals surface area contributed by atoms with Gasteiger partial charge in [-0.2, -0.15) is 11.8 Å². The summed E-state index contributed by atoms with van der Waals surface area (Å²) in [6, 6.07) is 0.127. The molecule has 2 rings (SSSR count). The Morgan fingerprint density at radius 2 is 2.50 bits per heavy atom. The lowest BCUT2D eigenvalue weighted by molar-refractivity contribution is 0.0466. The highest BCUT2D eigenvalue weighted by atomic mass is 79.9. The first kappa shape index (κ1) is 12.3. The first-order valence-corrected chi connectivity index (χ1v) is 7.10. The van der Waals surface area contributed by atoms with E-state index >= 15 is 0 Å². The van der Waals surface area contributed by atoms with Crippen molar-refractivity contribution < 1.29 is 4.74 Å². The monoisotopic (exact) mass is 306 g/mol. The van der Waals surface area contributed by atoms with Crippen LogP contribution in [0.4, 0.5) is 0 Å². The van der Waals surface area contributed by atoms with E-state index in [0.717, 1.165) is 28.4 Å². The topological polar surface area (TPSA) is 52.0 Å². The van der Waals surface area contributed by atoms with Crippen LogP contribution in [0.1, 0.15) is 11.7 Å². The molecule has 5 nitrogen and oxygen atoms in total. The molecule has 0 aliphatic carbocycles. The summed E-state index contributed by atoms with van der Waals surface area (Å²) in [5.74, 6) is 2.08. The lowest BCUT2D eigenvalue weighted by Crippen LogP contribution is -2.37. The number of halogens is 1. The number of aryl methyl sites for hydroxylation is 1. The van der Waals surface area contributed by atoms with E-state index in [1.165, 1.54) is 0 Å². The molecular weight excluding hydrogens is 292 g/mol. The number of hydrogen-bond donors (Lipinski definition) is 1. The van der Waals surface area contributed by atoms with E-state index in [2.05, 4.69) is 31.6 Å². The Labute approximate surface area is 107 Å². The van der Waals surface area contributed by atoms with Crippen molar-refractivity contribution in [3.05, 3.63) is 10.3 Å². The molecule has 0 aromatic carbocycles. The van der Waals surface area contributed by atoms with Crippen LogP contribution in [0.5, 0.6) is 0 Å². The van der Waals surface area contributed by atoms with Crippen LogP contribution in [0.25, 0.3) is 0 Å². The number of thioether (sulfide) groups is 1. The highest BCUT2D eigenvalue weighted by molar-refractivity contribution is 9.10. The van der Waals surface area contributed by atoms with Gasteiger partial charge < -0.3 is 10.1 Å². The molecule has 1 aromatic heterocycles. The summed E-state index contributed by atoms with van der Waals surface area (Å²) >= 11 is 5.35. The Hall–Kier alpha value is -0.110. The summed E-state index contributed by atoms with van der Waals surface area (Å²) < 4.78 is 8.36. The zero-order valence-corrected chi connectivity index (χ0v) is 11.7. The molecule has 16 heavy (non-hydrogen) atoms. The molecule has 0 saturated carbocycles. The molecule has 1 aliphatic rings. The first-order chi connectivity index (χ1) is 7.74. The van der Waals surface area contributed by atoms with Gasteiger partial charge in [0.25, 0.3) is 0 Å². The van der Waals surface area contributed by atoms with Gasteiger partial charge in [0.05, 0.1) is 24.4 Å². The van der Waals surface area contributed by atoms with Crippen LogP contribution in [0, 0.1) is 0 Å². The highest BCUT2D eigenvalue weighted by Gasteiger charge is 2.29. The fraction of sp³-hybridized carbons (Fsp3) is 0.778. The maximum absolute atomic E-state index is 5.79. The molecule has 1 fully saturated rings. The maximum atomic E-state index is 5.79. The van der Waals surface area contributed by atoms with Gasteiger partial charge in [-0.15, -0.1) is 5.10 Å². The second-order valence-electron chi connectivity index (χ2n) is 3.64. The average molecular weight is 307 g/mol. The van der Waals surface area contributed by atoms with Crippen molar-refractivity contribution >= 4 is 27.7 Å². The summed E-state index contributed by atoms with van der Waals surface area (Å²) in [4.78, 5) is 0. The van der Waals surface area contributed by atoms with E-state index < -0.39 is 0 Å². The van der Waals surface area contributed by atoms with Crippen LogP contribution in [0.3, 0.4) is 0 Å². The molecule has 1 aromatic rings. The molecule has 90 valence electrons. The Morgan fingerprint density at radius 3 is 3.00 bits per heavy atom. The van der Waals surface area contributed by atoms with Crippen LogP contribution < -0.4 is 5.32 Å². The zero-order chi connectivity index (χ0) is 11.5. The molecule has 7 heteroatoms. The molecule has 1 aliphatic heterocycles. The van der Waals surface area contributed by atoms with Crippen molar-refractivity contribution in [3.8, 4) is 0 Å². The number of likely N-dealkylation sites (N-methyl/N-ethyl adjacent to an activating group) is 1.